The number of carbonyl (C=O) groups is 2. The molecular formula is C23H15Cl2N3O3S2. The summed E-state index contributed by atoms with van der Waals surface area (Å²) in [5.41, 5.74) is 1.87. The lowest BCUT2D eigenvalue weighted by Gasteiger charge is -2.10. The van der Waals surface area contributed by atoms with Crippen LogP contribution in [0.2, 0.25) is 10.0 Å². The van der Waals surface area contributed by atoms with Crippen molar-refractivity contribution < 1.29 is 14.0 Å². The zero-order valence-corrected chi connectivity index (χ0v) is 19.9. The van der Waals surface area contributed by atoms with Gasteiger partial charge in [0.15, 0.2) is 10.9 Å². The SMILES string of the molecule is O=C(NC(=S)Nc1cccc(NC(=O)c2cccs2)c1)c1ccc(-c2ccc(Cl)c(Cl)c2)o1. The average Bonchev–Trinajstić information content (AvgIpc) is 3.48. The number of benzene rings is 2. The van der Waals surface area contributed by atoms with Gasteiger partial charge in [-0.25, -0.2) is 0 Å². The predicted octanol–water partition coefficient (Wildman–Crippen LogP) is 6.69. The monoisotopic (exact) mass is 515 g/mol. The van der Waals surface area contributed by atoms with Crippen molar-refractivity contribution in [2.45, 2.75) is 0 Å². The highest BCUT2D eigenvalue weighted by molar-refractivity contribution is 7.80. The lowest BCUT2D eigenvalue weighted by atomic mass is 10.2. The van der Waals surface area contributed by atoms with E-state index in [2.05, 4.69) is 16.0 Å². The first-order valence-corrected chi connectivity index (χ1v) is 11.6. The number of halogens is 2. The van der Waals surface area contributed by atoms with Gasteiger partial charge in [-0.2, -0.15) is 0 Å². The van der Waals surface area contributed by atoms with Crippen LogP contribution in [0.4, 0.5) is 11.4 Å². The summed E-state index contributed by atoms with van der Waals surface area (Å²) in [6.07, 6.45) is 0. The van der Waals surface area contributed by atoms with Crippen LogP contribution in [0.15, 0.2) is 76.5 Å². The first-order valence-electron chi connectivity index (χ1n) is 9.51. The van der Waals surface area contributed by atoms with Crippen LogP contribution < -0.4 is 16.0 Å². The normalized spacial score (nSPS) is 10.5. The molecule has 6 nitrogen and oxygen atoms in total. The quantitative estimate of drug-likeness (QED) is 0.257. The minimum Gasteiger partial charge on any atom is -0.451 e. The van der Waals surface area contributed by atoms with Crippen molar-refractivity contribution in [3.8, 4) is 11.3 Å². The summed E-state index contributed by atoms with van der Waals surface area (Å²) in [7, 11) is 0. The predicted molar refractivity (Wildman–Crippen MR) is 137 cm³/mol. The van der Waals surface area contributed by atoms with Gasteiger partial charge in [0, 0.05) is 16.9 Å². The molecule has 0 aliphatic rings. The van der Waals surface area contributed by atoms with Gasteiger partial charge >= 0.3 is 0 Å². The summed E-state index contributed by atoms with van der Waals surface area (Å²) in [5, 5.41) is 11.0. The Bertz CT molecular complexity index is 1340. The molecule has 0 radical (unpaired) electrons. The molecule has 0 spiro atoms. The molecule has 2 amide bonds. The zero-order chi connectivity index (χ0) is 23.4. The number of carbonyl (C=O) groups excluding carboxylic acids is 2. The Hall–Kier alpha value is -3.17. The minimum absolute atomic E-state index is 0.0780. The molecule has 0 fully saturated rings. The highest BCUT2D eigenvalue weighted by atomic mass is 35.5. The Balaban J connectivity index is 1.37. The standard InChI is InChI=1S/C23H15Cl2N3O3S2/c24-16-7-6-13(11-17(16)25)18-8-9-19(31-18)21(29)28-23(32)27-15-4-1-3-14(12-15)26-22(30)20-5-2-10-33-20/h1-12H,(H,26,30)(H2,27,28,29,32). The van der Waals surface area contributed by atoms with Gasteiger partial charge in [-0.1, -0.05) is 35.3 Å². The molecule has 10 heteroatoms. The molecule has 4 aromatic rings. The molecule has 2 aromatic carbocycles. The number of thiocarbonyl (C=S) groups is 1. The number of hydrogen-bond acceptors (Lipinski definition) is 5. The summed E-state index contributed by atoms with van der Waals surface area (Å²) < 4.78 is 5.63. The van der Waals surface area contributed by atoms with Crippen LogP contribution in [0.5, 0.6) is 0 Å². The lowest BCUT2D eigenvalue weighted by Crippen LogP contribution is -2.33. The number of anilines is 2. The Labute approximate surface area is 208 Å². The maximum absolute atomic E-state index is 12.5. The van der Waals surface area contributed by atoms with E-state index in [0.717, 1.165) is 0 Å². The number of nitrogens with one attached hydrogen (secondary N) is 3. The Morgan fingerprint density at radius 2 is 1.64 bits per heavy atom. The van der Waals surface area contributed by atoms with Crippen molar-refractivity contribution in [3.05, 3.63) is 92.8 Å². The van der Waals surface area contributed by atoms with Crippen LogP contribution in [0, 0.1) is 0 Å². The Morgan fingerprint density at radius 1 is 0.848 bits per heavy atom. The fourth-order valence-electron chi connectivity index (χ4n) is 2.87. The first kappa shape index (κ1) is 23.0. The number of thiophene rings is 1. The number of furan rings is 1. The molecule has 3 N–H and O–H groups in total. The molecule has 2 aromatic heterocycles. The van der Waals surface area contributed by atoms with Crippen molar-refractivity contribution in [1.29, 1.82) is 0 Å². The van der Waals surface area contributed by atoms with Crippen molar-refractivity contribution in [1.82, 2.24) is 5.32 Å². The molecule has 0 bridgehead atoms. The largest absolute Gasteiger partial charge is 0.451 e. The molecule has 2 heterocycles. The average molecular weight is 516 g/mol. The number of hydrogen-bond donors (Lipinski definition) is 3. The third kappa shape index (κ3) is 5.80. The maximum Gasteiger partial charge on any atom is 0.293 e. The zero-order valence-electron chi connectivity index (χ0n) is 16.7. The van der Waals surface area contributed by atoms with Crippen molar-refractivity contribution in [2.24, 2.45) is 0 Å². The van der Waals surface area contributed by atoms with Crippen LogP contribution in [0.25, 0.3) is 11.3 Å². The van der Waals surface area contributed by atoms with Gasteiger partial charge in [0.1, 0.15) is 5.76 Å². The molecule has 0 atom stereocenters. The second-order valence-corrected chi connectivity index (χ2v) is 8.88. The van der Waals surface area contributed by atoms with E-state index in [1.807, 2.05) is 11.4 Å². The third-order valence-electron chi connectivity index (χ3n) is 4.38. The van der Waals surface area contributed by atoms with E-state index in [1.54, 1.807) is 54.6 Å². The van der Waals surface area contributed by atoms with E-state index < -0.39 is 5.91 Å². The van der Waals surface area contributed by atoms with Gasteiger partial charge in [-0.05, 0) is 72.2 Å². The van der Waals surface area contributed by atoms with Crippen LogP contribution in [-0.2, 0) is 0 Å². The van der Waals surface area contributed by atoms with E-state index in [4.69, 9.17) is 39.8 Å². The molecule has 0 aliphatic heterocycles. The molecule has 0 saturated heterocycles. The Kier molecular flexibility index (Phi) is 7.10. The second kappa shape index (κ2) is 10.2. The molecule has 33 heavy (non-hydrogen) atoms. The van der Waals surface area contributed by atoms with Gasteiger partial charge in [-0.15, -0.1) is 11.3 Å². The van der Waals surface area contributed by atoms with E-state index in [9.17, 15) is 9.59 Å². The van der Waals surface area contributed by atoms with E-state index in [-0.39, 0.29) is 16.8 Å². The molecule has 0 saturated carbocycles. The summed E-state index contributed by atoms with van der Waals surface area (Å²) in [5.74, 6) is -0.168. The van der Waals surface area contributed by atoms with Crippen molar-refractivity contribution in [3.63, 3.8) is 0 Å². The maximum atomic E-state index is 12.5. The first-order chi connectivity index (χ1) is 15.9. The highest BCUT2D eigenvalue weighted by Gasteiger charge is 2.15. The van der Waals surface area contributed by atoms with Gasteiger partial charge in [0.25, 0.3) is 11.8 Å². The third-order valence-corrected chi connectivity index (χ3v) is 6.20. The van der Waals surface area contributed by atoms with Crippen LogP contribution in [0.1, 0.15) is 20.2 Å². The van der Waals surface area contributed by atoms with Crippen LogP contribution in [0.3, 0.4) is 0 Å². The van der Waals surface area contributed by atoms with Gasteiger partial charge < -0.3 is 15.1 Å². The smallest absolute Gasteiger partial charge is 0.293 e. The van der Waals surface area contributed by atoms with Crippen LogP contribution in [-0.4, -0.2) is 16.9 Å². The lowest BCUT2D eigenvalue weighted by molar-refractivity contribution is 0.0950. The van der Waals surface area contributed by atoms with Gasteiger partial charge in [0.2, 0.25) is 0 Å². The van der Waals surface area contributed by atoms with Crippen LogP contribution >= 0.6 is 46.8 Å². The van der Waals surface area contributed by atoms with Gasteiger partial charge in [-0.3, -0.25) is 14.9 Å². The van der Waals surface area contributed by atoms with E-state index in [1.165, 1.54) is 17.4 Å². The molecule has 166 valence electrons. The summed E-state index contributed by atoms with van der Waals surface area (Å²) in [6, 6.07) is 18.8. The number of rotatable bonds is 5. The van der Waals surface area contributed by atoms with E-state index in [0.29, 0.717) is 37.6 Å². The molecule has 0 unspecified atom stereocenters. The molecule has 4 rings (SSSR count). The minimum atomic E-state index is -0.513. The summed E-state index contributed by atoms with van der Waals surface area (Å²) in [6.45, 7) is 0. The molecular weight excluding hydrogens is 501 g/mol. The van der Waals surface area contributed by atoms with Crippen molar-refractivity contribution in [2.75, 3.05) is 10.6 Å². The number of amides is 2. The summed E-state index contributed by atoms with van der Waals surface area (Å²) >= 11 is 18.6. The van der Waals surface area contributed by atoms with Crippen molar-refractivity contribution >= 4 is 75.1 Å². The van der Waals surface area contributed by atoms with E-state index >= 15 is 0 Å². The Morgan fingerprint density at radius 3 is 2.36 bits per heavy atom. The highest BCUT2D eigenvalue weighted by Crippen LogP contribution is 2.29. The fourth-order valence-corrected chi connectivity index (χ4v) is 3.99. The topological polar surface area (TPSA) is 83.4 Å². The fraction of sp³-hybridized carbons (Fsp3) is 0. The van der Waals surface area contributed by atoms with Gasteiger partial charge in [0.05, 0.1) is 14.9 Å². The second-order valence-electron chi connectivity index (χ2n) is 6.71. The molecule has 0 aliphatic carbocycles. The summed E-state index contributed by atoms with van der Waals surface area (Å²) in [4.78, 5) is 25.3.